The van der Waals surface area contributed by atoms with Crippen molar-refractivity contribution in [3.8, 4) is 11.5 Å². The summed E-state index contributed by atoms with van der Waals surface area (Å²) < 4.78 is 11.2. The van der Waals surface area contributed by atoms with Gasteiger partial charge in [0.25, 0.3) is 5.91 Å². The minimum atomic E-state index is -0.543. The van der Waals surface area contributed by atoms with Gasteiger partial charge in [0.15, 0.2) is 6.10 Å². The number of benzene rings is 2. The molecule has 1 heterocycles. The summed E-state index contributed by atoms with van der Waals surface area (Å²) in [4.78, 5) is 26.1. The molecule has 1 aliphatic rings. The second kappa shape index (κ2) is 9.07. The molecule has 0 radical (unpaired) electrons. The van der Waals surface area contributed by atoms with Gasteiger partial charge < -0.3 is 19.7 Å². The lowest BCUT2D eigenvalue weighted by Crippen LogP contribution is -2.45. The van der Waals surface area contributed by atoms with Gasteiger partial charge in [0.1, 0.15) is 11.5 Å². The molecule has 1 aliphatic heterocycles. The highest BCUT2D eigenvalue weighted by Gasteiger charge is 2.31. The predicted octanol–water partition coefficient (Wildman–Crippen LogP) is 2.78. The van der Waals surface area contributed by atoms with Crippen molar-refractivity contribution in [2.45, 2.75) is 25.9 Å². The number of anilines is 1. The molecule has 0 aliphatic carbocycles. The normalized spacial score (nSPS) is 15.7. The Labute approximate surface area is 159 Å². The quantitative estimate of drug-likeness (QED) is 0.728. The Morgan fingerprint density at radius 1 is 1.15 bits per heavy atom. The molecule has 142 valence electrons. The number of nitrogens with one attached hydrogen (secondary N) is 1. The van der Waals surface area contributed by atoms with E-state index in [1.807, 2.05) is 54.6 Å². The molecule has 2 aromatic carbocycles. The van der Waals surface area contributed by atoms with Crippen molar-refractivity contribution in [1.82, 2.24) is 5.32 Å². The number of carbonyl (C=O) groups excluding carboxylic acids is 2. The molecule has 0 fully saturated rings. The van der Waals surface area contributed by atoms with Crippen molar-refractivity contribution in [1.29, 1.82) is 0 Å². The molecule has 0 bridgehead atoms. The fourth-order valence-corrected chi connectivity index (χ4v) is 2.90. The van der Waals surface area contributed by atoms with Crippen molar-refractivity contribution >= 4 is 17.5 Å². The number of amides is 2. The number of rotatable bonds is 8. The van der Waals surface area contributed by atoms with Crippen LogP contribution in [0.5, 0.6) is 11.5 Å². The van der Waals surface area contributed by atoms with Crippen LogP contribution in [0.4, 0.5) is 5.69 Å². The summed E-state index contributed by atoms with van der Waals surface area (Å²) in [5.74, 6) is 1.28. The van der Waals surface area contributed by atoms with Crippen LogP contribution < -0.4 is 19.7 Å². The van der Waals surface area contributed by atoms with Crippen LogP contribution in [0.25, 0.3) is 0 Å². The molecule has 0 spiro atoms. The molecular weight excluding hydrogens is 344 g/mol. The van der Waals surface area contributed by atoms with Gasteiger partial charge in [-0.2, -0.15) is 0 Å². The number of hydrogen-bond donors (Lipinski definition) is 1. The second-order valence-corrected chi connectivity index (χ2v) is 6.33. The lowest BCUT2D eigenvalue weighted by Gasteiger charge is -2.32. The van der Waals surface area contributed by atoms with E-state index in [-0.39, 0.29) is 18.2 Å². The van der Waals surface area contributed by atoms with Gasteiger partial charge in [-0.05, 0) is 37.6 Å². The fraction of sp³-hybridized carbons (Fsp3) is 0.333. The lowest BCUT2D eigenvalue weighted by atomic mass is 10.1. The highest BCUT2D eigenvalue weighted by Crippen LogP contribution is 2.33. The Morgan fingerprint density at radius 3 is 2.70 bits per heavy atom. The van der Waals surface area contributed by atoms with Crippen LogP contribution in [0.15, 0.2) is 54.6 Å². The van der Waals surface area contributed by atoms with Crippen molar-refractivity contribution in [3.63, 3.8) is 0 Å². The van der Waals surface area contributed by atoms with E-state index >= 15 is 0 Å². The highest BCUT2D eigenvalue weighted by atomic mass is 16.5. The monoisotopic (exact) mass is 368 g/mol. The van der Waals surface area contributed by atoms with Crippen molar-refractivity contribution in [2.75, 3.05) is 24.6 Å². The fourth-order valence-electron chi connectivity index (χ4n) is 2.90. The van der Waals surface area contributed by atoms with E-state index in [4.69, 9.17) is 9.47 Å². The standard InChI is InChI=1S/C21H24N2O4/c1-16-21(25)23(18-10-5-6-11-19(18)27-16)14-12-20(24)22-13-7-15-26-17-8-3-2-4-9-17/h2-6,8-11,16H,7,12-15H2,1H3,(H,22,24). The van der Waals surface area contributed by atoms with E-state index in [2.05, 4.69) is 5.32 Å². The molecule has 1 atom stereocenters. The maximum absolute atomic E-state index is 12.4. The SMILES string of the molecule is CC1Oc2ccccc2N(CCC(=O)NCCCOc2ccccc2)C1=O. The molecule has 6 heteroatoms. The smallest absolute Gasteiger partial charge is 0.267 e. The van der Waals surface area contributed by atoms with E-state index in [0.717, 1.165) is 12.2 Å². The zero-order valence-electron chi connectivity index (χ0n) is 15.4. The molecule has 0 aromatic heterocycles. The average Bonchev–Trinajstić information content (AvgIpc) is 2.69. The molecule has 2 amide bonds. The third kappa shape index (κ3) is 5.00. The molecular formula is C21H24N2O4. The van der Waals surface area contributed by atoms with Crippen LogP contribution >= 0.6 is 0 Å². The molecule has 27 heavy (non-hydrogen) atoms. The summed E-state index contributed by atoms with van der Waals surface area (Å²) in [5, 5.41) is 2.87. The van der Waals surface area contributed by atoms with Gasteiger partial charge >= 0.3 is 0 Å². The topological polar surface area (TPSA) is 67.9 Å². The molecule has 2 aromatic rings. The van der Waals surface area contributed by atoms with Crippen LogP contribution in [0.2, 0.25) is 0 Å². The average molecular weight is 368 g/mol. The van der Waals surface area contributed by atoms with Gasteiger partial charge in [0.2, 0.25) is 5.91 Å². The van der Waals surface area contributed by atoms with Crippen molar-refractivity contribution in [2.24, 2.45) is 0 Å². The minimum Gasteiger partial charge on any atom is -0.494 e. The summed E-state index contributed by atoms with van der Waals surface area (Å²) in [6, 6.07) is 17.0. The zero-order valence-corrected chi connectivity index (χ0v) is 15.4. The van der Waals surface area contributed by atoms with Crippen molar-refractivity contribution < 1.29 is 19.1 Å². The summed E-state index contributed by atoms with van der Waals surface area (Å²) in [6.45, 7) is 3.13. The first-order valence-corrected chi connectivity index (χ1v) is 9.17. The third-order valence-electron chi connectivity index (χ3n) is 4.29. The van der Waals surface area contributed by atoms with Crippen LogP contribution in [-0.2, 0) is 9.59 Å². The Bertz CT molecular complexity index is 779. The number of ether oxygens (including phenoxy) is 2. The van der Waals surface area contributed by atoms with Gasteiger partial charge in [0, 0.05) is 19.5 Å². The van der Waals surface area contributed by atoms with Gasteiger partial charge in [-0.25, -0.2) is 0 Å². The Balaban J connectivity index is 1.40. The Morgan fingerprint density at radius 2 is 1.89 bits per heavy atom. The number of fused-ring (bicyclic) bond motifs is 1. The van der Waals surface area contributed by atoms with E-state index in [0.29, 0.717) is 31.1 Å². The number of nitrogens with zero attached hydrogens (tertiary/aromatic N) is 1. The molecule has 6 nitrogen and oxygen atoms in total. The summed E-state index contributed by atoms with van der Waals surface area (Å²) in [7, 11) is 0. The second-order valence-electron chi connectivity index (χ2n) is 6.33. The predicted molar refractivity (Wildman–Crippen MR) is 103 cm³/mol. The van der Waals surface area contributed by atoms with Crippen molar-refractivity contribution in [3.05, 3.63) is 54.6 Å². The van der Waals surface area contributed by atoms with E-state index in [1.165, 1.54) is 0 Å². The van der Waals surface area contributed by atoms with Crippen LogP contribution in [0, 0.1) is 0 Å². The van der Waals surface area contributed by atoms with Gasteiger partial charge in [-0.1, -0.05) is 30.3 Å². The van der Waals surface area contributed by atoms with E-state index < -0.39 is 6.10 Å². The molecule has 1 unspecified atom stereocenters. The van der Waals surface area contributed by atoms with Gasteiger partial charge in [-0.3, -0.25) is 9.59 Å². The summed E-state index contributed by atoms with van der Waals surface area (Å²) in [6.07, 6.45) is 0.418. The summed E-state index contributed by atoms with van der Waals surface area (Å²) in [5.41, 5.74) is 0.713. The first-order chi connectivity index (χ1) is 13.1. The Hall–Kier alpha value is -3.02. The van der Waals surface area contributed by atoms with E-state index in [9.17, 15) is 9.59 Å². The molecule has 0 saturated carbocycles. The van der Waals surface area contributed by atoms with Gasteiger partial charge in [0.05, 0.1) is 12.3 Å². The third-order valence-corrected chi connectivity index (χ3v) is 4.29. The molecule has 3 rings (SSSR count). The molecule has 1 N–H and O–H groups in total. The maximum Gasteiger partial charge on any atom is 0.267 e. The zero-order chi connectivity index (χ0) is 19.1. The first-order valence-electron chi connectivity index (χ1n) is 9.17. The minimum absolute atomic E-state index is 0.0841. The van der Waals surface area contributed by atoms with Crippen LogP contribution in [-0.4, -0.2) is 37.6 Å². The first kappa shape index (κ1) is 18.8. The van der Waals surface area contributed by atoms with Crippen LogP contribution in [0.3, 0.4) is 0 Å². The number of para-hydroxylation sites is 3. The van der Waals surface area contributed by atoms with Gasteiger partial charge in [-0.15, -0.1) is 0 Å². The number of hydrogen-bond acceptors (Lipinski definition) is 4. The highest BCUT2D eigenvalue weighted by molar-refractivity contribution is 6.00. The number of carbonyl (C=O) groups is 2. The Kier molecular flexibility index (Phi) is 6.30. The molecule has 0 saturated heterocycles. The van der Waals surface area contributed by atoms with Crippen LogP contribution in [0.1, 0.15) is 19.8 Å². The largest absolute Gasteiger partial charge is 0.494 e. The summed E-state index contributed by atoms with van der Waals surface area (Å²) >= 11 is 0. The van der Waals surface area contributed by atoms with E-state index in [1.54, 1.807) is 11.8 Å². The lowest BCUT2D eigenvalue weighted by molar-refractivity contribution is -0.125. The maximum atomic E-state index is 12.4.